The molecular formula is C11H22N2O3. The molecule has 0 unspecified atom stereocenters. The molecule has 1 aliphatic rings. The molecule has 0 aromatic rings. The van der Waals surface area contributed by atoms with E-state index in [1.165, 1.54) is 0 Å². The van der Waals surface area contributed by atoms with Crippen molar-refractivity contribution in [2.24, 2.45) is 5.73 Å². The van der Waals surface area contributed by atoms with Crippen LogP contribution in [0, 0.1) is 0 Å². The van der Waals surface area contributed by atoms with Gasteiger partial charge in [-0.25, -0.2) is 4.79 Å². The van der Waals surface area contributed by atoms with Gasteiger partial charge in [-0.15, -0.1) is 0 Å². The minimum Gasteiger partial charge on any atom is -0.444 e. The van der Waals surface area contributed by atoms with Crippen LogP contribution in [0.1, 0.15) is 27.7 Å². The average Bonchev–Trinajstić information content (AvgIpc) is 2.15. The Hall–Kier alpha value is -0.810. The molecule has 0 aromatic heterocycles. The van der Waals surface area contributed by atoms with Gasteiger partial charge in [-0.2, -0.15) is 0 Å². The highest BCUT2D eigenvalue weighted by Gasteiger charge is 2.31. The molecule has 0 radical (unpaired) electrons. The third-order valence-corrected chi connectivity index (χ3v) is 2.40. The van der Waals surface area contributed by atoms with Crippen molar-refractivity contribution in [2.75, 3.05) is 19.7 Å². The van der Waals surface area contributed by atoms with Crippen molar-refractivity contribution in [1.29, 1.82) is 0 Å². The van der Waals surface area contributed by atoms with Crippen LogP contribution < -0.4 is 5.73 Å². The average molecular weight is 230 g/mol. The maximum absolute atomic E-state index is 11.9. The Balaban J connectivity index is 2.59. The van der Waals surface area contributed by atoms with Crippen LogP contribution >= 0.6 is 0 Å². The van der Waals surface area contributed by atoms with Gasteiger partial charge in [0.25, 0.3) is 0 Å². The number of nitrogens with two attached hydrogens (primary N) is 1. The van der Waals surface area contributed by atoms with Gasteiger partial charge in [0.15, 0.2) is 0 Å². The monoisotopic (exact) mass is 230 g/mol. The van der Waals surface area contributed by atoms with E-state index in [1.807, 2.05) is 27.7 Å². The highest BCUT2D eigenvalue weighted by Crippen LogP contribution is 2.16. The van der Waals surface area contributed by atoms with Crippen LogP contribution in [0.25, 0.3) is 0 Å². The van der Waals surface area contributed by atoms with Gasteiger partial charge in [0.2, 0.25) is 0 Å². The van der Waals surface area contributed by atoms with Gasteiger partial charge in [-0.05, 0) is 27.7 Å². The summed E-state index contributed by atoms with van der Waals surface area (Å²) < 4.78 is 10.8. The molecule has 0 aliphatic carbocycles. The van der Waals surface area contributed by atoms with Gasteiger partial charge in [0.1, 0.15) is 5.60 Å². The molecule has 1 saturated heterocycles. The highest BCUT2D eigenvalue weighted by atomic mass is 16.6. The molecule has 0 aromatic carbocycles. The molecule has 2 atom stereocenters. The van der Waals surface area contributed by atoms with E-state index in [1.54, 1.807) is 4.90 Å². The number of hydrogen-bond donors (Lipinski definition) is 1. The predicted molar refractivity (Wildman–Crippen MR) is 61.2 cm³/mol. The van der Waals surface area contributed by atoms with Crippen molar-refractivity contribution in [3.8, 4) is 0 Å². The first kappa shape index (κ1) is 13.3. The van der Waals surface area contributed by atoms with Crippen LogP contribution in [-0.4, -0.2) is 48.4 Å². The van der Waals surface area contributed by atoms with E-state index < -0.39 is 5.60 Å². The first-order valence-electron chi connectivity index (χ1n) is 5.65. The fourth-order valence-electron chi connectivity index (χ4n) is 1.53. The van der Waals surface area contributed by atoms with Crippen molar-refractivity contribution in [1.82, 2.24) is 4.90 Å². The molecule has 5 nitrogen and oxygen atoms in total. The summed E-state index contributed by atoms with van der Waals surface area (Å²) in [4.78, 5) is 13.6. The second kappa shape index (κ2) is 5.01. The lowest BCUT2D eigenvalue weighted by atomic mass is 10.2. The minimum atomic E-state index is -0.465. The van der Waals surface area contributed by atoms with Crippen LogP contribution in [0.2, 0.25) is 0 Å². The molecule has 1 rings (SSSR count). The number of carbonyl (C=O) groups is 1. The van der Waals surface area contributed by atoms with Crippen LogP contribution in [0.3, 0.4) is 0 Å². The predicted octanol–water partition coefficient (Wildman–Crippen LogP) is 0.969. The normalized spacial score (nSPS) is 26.7. The zero-order chi connectivity index (χ0) is 12.3. The second-order valence-corrected chi connectivity index (χ2v) is 5.17. The standard InChI is InChI=1S/C11H22N2O3/c1-8-7-15-9(5-12)6-13(8)10(14)16-11(2,3)4/h8-9H,5-7,12H2,1-4H3/t8-,9-/m0/s1. The fraction of sp³-hybridized carbons (Fsp3) is 0.909. The van der Waals surface area contributed by atoms with Gasteiger partial charge in [0, 0.05) is 6.54 Å². The van der Waals surface area contributed by atoms with E-state index >= 15 is 0 Å². The Morgan fingerprint density at radius 3 is 2.69 bits per heavy atom. The quantitative estimate of drug-likeness (QED) is 0.729. The molecule has 0 saturated carbocycles. The van der Waals surface area contributed by atoms with Crippen molar-refractivity contribution in [3.63, 3.8) is 0 Å². The zero-order valence-electron chi connectivity index (χ0n) is 10.5. The molecule has 16 heavy (non-hydrogen) atoms. The number of nitrogens with zero attached hydrogens (tertiary/aromatic N) is 1. The molecule has 1 heterocycles. The van der Waals surface area contributed by atoms with Gasteiger partial charge in [-0.1, -0.05) is 0 Å². The lowest BCUT2D eigenvalue weighted by molar-refractivity contribution is -0.0617. The van der Waals surface area contributed by atoms with Crippen LogP contribution in [-0.2, 0) is 9.47 Å². The molecule has 0 spiro atoms. The summed E-state index contributed by atoms with van der Waals surface area (Å²) in [6, 6.07) is 0.0395. The number of rotatable bonds is 1. The van der Waals surface area contributed by atoms with Crippen molar-refractivity contribution >= 4 is 6.09 Å². The van der Waals surface area contributed by atoms with E-state index in [-0.39, 0.29) is 18.2 Å². The van der Waals surface area contributed by atoms with Crippen molar-refractivity contribution < 1.29 is 14.3 Å². The van der Waals surface area contributed by atoms with Gasteiger partial charge >= 0.3 is 6.09 Å². The zero-order valence-corrected chi connectivity index (χ0v) is 10.5. The number of amides is 1. The summed E-state index contributed by atoms with van der Waals surface area (Å²) in [7, 11) is 0. The topological polar surface area (TPSA) is 64.8 Å². The van der Waals surface area contributed by atoms with E-state index in [0.717, 1.165) is 0 Å². The van der Waals surface area contributed by atoms with Crippen LogP contribution in [0.5, 0.6) is 0 Å². The van der Waals surface area contributed by atoms with Crippen LogP contribution in [0.15, 0.2) is 0 Å². The lowest BCUT2D eigenvalue weighted by Gasteiger charge is -2.38. The Labute approximate surface area is 96.9 Å². The maximum atomic E-state index is 11.9. The maximum Gasteiger partial charge on any atom is 0.410 e. The van der Waals surface area contributed by atoms with Gasteiger partial charge < -0.3 is 20.1 Å². The van der Waals surface area contributed by atoms with E-state index in [9.17, 15) is 4.79 Å². The van der Waals surface area contributed by atoms with Crippen molar-refractivity contribution in [2.45, 2.75) is 45.4 Å². The fourth-order valence-corrected chi connectivity index (χ4v) is 1.53. The minimum absolute atomic E-state index is 0.0395. The second-order valence-electron chi connectivity index (χ2n) is 5.17. The highest BCUT2D eigenvalue weighted by molar-refractivity contribution is 5.68. The first-order chi connectivity index (χ1) is 7.33. The summed E-state index contributed by atoms with van der Waals surface area (Å²) in [6.07, 6.45) is -0.370. The molecule has 1 amide bonds. The summed E-state index contributed by atoms with van der Waals surface area (Å²) >= 11 is 0. The van der Waals surface area contributed by atoms with E-state index in [2.05, 4.69) is 0 Å². The number of morpholine rings is 1. The Kier molecular flexibility index (Phi) is 4.15. The largest absolute Gasteiger partial charge is 0.444 e. The van der Waals surface area contributed by atoms with Crippen LogP contribution in [0.4, 0.5) is 4.79 Å². The summed E-state index contributed by atoms with van der Waals surface area (Å²) in [5, 5.41) is 0. The third-order valence-electron chi connectivity index (χ3n) is 2.40. The smallest absolute Gasteiger partial charge is 0.410 e. The Bertz CT molecular complexity index is 250. The third kappa shape index (κ3) is 3.64. The lowest BCUT2D eigenvalue weighted by Crippen LogP contribution is -2.54. The number of ether oxygens (including phenoxy) is 2. The summed E-state index contributed by atoms with van der Waals surface area (Å²) in [6.45, 7) is 8.96. The van der Waals surface area contributed by atoms with Gasteiger partial charge in [-0.3, -0.25) is 0 Å². The first-order valence-corrected chi connectivity index (χ1v) is 5.65. The van der Waals surface area contributed by atoms with E-state index in [0.29, 0.717) is 19.7 Å². The molecule has 94 valence electrons. The van der Waals surface area contributed by atoms with Crippen molar-refractivity contribution in [3.05, 3.63) is 0 Å². The van der Waals surface area contributed by atoms with Gasteiger partial charge in [0.05, 0.1) is 25.3 Å². The van der Waals surface area contributed by atoms with E-state index in [4.69, 9.17) is 15.2 Å². The molecule has 1 fully saturated rings. The summed E-state index contributed by atoms with van der Waals surface area (Å²) in [5.74, 6) is 0. The Morgan fingerprint density at radius 2 is 2.19 bits per heavy atom. The molecule has 2 N–H and O–H groups in total. The number of carbonyl (C=O) groups excluding carboxylic acids is 1. The summed E-state index contributed by atoms with van der Waals surface area (Å²) in [5.41, 5.74) is 5.07. The molecular weight excluding hydrogens is 208 g/mol. The molecule has 5 heteroatoms. The SMILES string of the molecule is C[C@H]1CO[C@@H](CN)CN1C(=O)OC(C)(C)C. The molecule has 1 aliphatic heterocycles. The number of hydrogen-bond acceptors (Lipinski definition) is 4. The Morgan fingerprint density at radius 1 is 1.56 bits per heavy atom. The molecule has 0 bridgehead atoms.